The molecule has 1 N–H and O–H groups in total. The quantitative estimate of drug-likeness (QED) is 0.440. The van der Waals surface area contributed by atoms with Gasteiger partial charge in [-0.3, -0.25) is 4.79 Å². The molecule has 0 unspecified atom stereocenters. The van der Waals surface area contributed by atoms with Gasteiger partial charge in [0.1, 0.15) is 0 Å². The van der Waals surface area contributed by atoms with E-state index in [1.54, 1.807) is 12.3 Å². The van der Waals surface area contributed by atoms with Gasteiger partial charge in [-0.25, -0.2) is 4.98 Å². The molecule has 0 aliphatic rings. The summed E-state index contributed by atoms with van der Waals surface area (Å²) in [5.74, 6) is 0.850. The molecule has 4 nitrogen and oxygen atoms in total. The van der Waals surface area contributed by atoms with E-state index in [9.17, 15) is 4.79 Å². The Hall–Kier alpha value is -3.18. The minimum absolute atomic E-state index is 0.208. The average molecular weight is 419 g/mol. The van der Waals surface area contributed by atoms with Gasteiger partial charge in [-0.05, 0) is 36.4 Å². The van der Waals surface area contributed by atoms with Crippen molar-refractivity contribution in [1.29, 1.82) is 0 Å². The van der Waals surface area contributed by atoms with Crippen LogP contribution in [0.15, 0.2) is 93.9 Å². The number of amides is 1. The number of carbonyl (C=O) groups is 1. The van der Waals surface area contributed by atoms with Crippen LogP contribution >= 0.6 is 15.9 Å². The molecule has 5 heteroatoms. The predicted molar refractivity (Wildman–Crippen MR) is 109 cm³/mol. The average Bonchev–Trinajstić information content (AvgIpc) is 3.19. The molecular weight excluding hydrogens is 404 g/mol. The third kappa shape index (κ3) is 3.83. The first kappa shape index (κ1) is 17.2. The second kappa shape index (κ2) is 7.60. The van der Waals surface area contributed by atoms with Gasteiger partial charge in [-0.1, -0.05) is 58.4 Å². The van der Waals surface area contributed by atoms with E-state index in [-0.39, 0.29) is 5.91 Å². The Labute approximate surface area is 165 Å². The number of aromatic nitrogens is 1. The molecule has 3 aromatic carbocycles. The summed E-state index contributed by atoms with van der Waals surface area (Å²) in [6.07, 6.45) is 1.67. The largest absolute Gasteiger partial charge is 0.436 e. The number of oxazole rings is 1. The number of carbonyl (C=O) groups excluding carboxylic acids is 1. The van der Waals surface area contributed by atoms with Gasteiger partial charge in [0, 0.05) is 21.3 Å². The first-order valence-electron chi connectivity index (χ1n) is 8.38. The summed E-state index contributed by atoms with van der Waals surface area (Å²) in [5, 5.41) is 2.90. The van der Waals surface area contributed by atoms with E-state index < -0.39 is 0 Å². The highest BCUT2D eigenvalue weighted by Crippen LogP contribution is 2.29. The number of halogens is 1. The van der Waals surface area contributed by atoms with Gasteiger partial charge in [-0.15, -0.1) is 0 Å². The lowest BCUT2D eigenvalue weighted by molar-refractivity contribution is 0.102. The maximum absolute atomic E-state index is 12.7. The summed E-state index contributed by atoms with van der Waals surface area (Å²) in [6.45, 7) is 0. The third-order valence-corrected chi connectivity index (χ3v) is 4.60. The zero-order valence-corrected chi connectivity index (χ0v) is 15.8. The van der Waals surface area contributed by atoms with Gasteiger partial charge in [0.2, 0.25) is 5.89 Å². The van der Waals surface area contributed by atoms with E-state index in [2.05, 4.69) is 26.2 Å². The van der Waals surface area contributed by atoms with Crippen LogP contribution in [0.4, 0.5) is 5.69 Å². The summed E-state index contributed by atoms with van der Waals surface area (Å²) in [6, 6.07) is 24.4. The number of hydrogen-bond donors (Lipinski definition) is 1. The van der Waals surface area contributed by atoms with Crippen molar-refractivity contribution in [3.63, 3.8) is 0 Å². The third-order valence-electron chi connectivity index (χ3n) is 4.07. The second-order valence-corrected chi connectivity index (χ2v) is 6.82. The summed E-state index contributed by atoms with van der Waals surface area (Å²) in [7, 11) is 0. The Bertz CT molecular complexity index is 1070. The van der Waals surface area contributed by atoms with Crippen molar-refractivity contribution in [2.45, 2.75) is 0 Å². The van der Waals surface area contributed by atoms with Gasteiger partial charge in [-0.2, -0.15) is 0 Å². The van der Waals surface area contributed by atoms with Crippen molar-refractivity contribution in [3.8, 4) is 22.8 Å². The summed E-state index contributed by atoms with van der Waals surface area (Å²) >= 11 is 3.42. The summed E-state index contributed by atoms with van der Waals surface area (Å²) in [4.78, 5) is 17.1. The fraction of sp³-hybridized carbons (Fsp3) is 0. The summed E-state index contributed by atoms with van der Waals surface area (Å²) in [5.41, 5.74) is 2.81. The Kier molecular flexibility index (Phi) is 4.85. The minimum Gasteiger partial charge on any atom is -0.436 e. The van der Waals surface area contributed by atoms with Crippen LogP contribution < -0.4 is 5.32 Å². The van der Waals surface area contributed by atoms with Crippen LogP contribution in [0, 0.1) is 0 Å². The van der Waals surface area contributed by atoms with Gasteiger partial charge < -0.3 is 9.73 Å². The van der Waals surface area contributed by atoms with Crippen LogP contribution in [0.2, 0.25) is 0 Å². The normalized spacial score (nSPS) is 10.6. The second-order valence-electron chi connectivity index (χ2n) is 5.90. The Morgan fingerprint density at radius 2 is 1.59 bits per heavy atom. The number of rotatable bonds is 4. The van der Waals surface area contributed by atoms with Crippen LogP contribution in [0.5, 0.6) is 0 Å². The number of hydrogen-bond acceptors (Lipinski definition) is 3. The van der Waals surface area contributed by atoms with Gasteiger partial charge in [0.15, 0.2) is 5.76 Å². The highest BCUT2D eigenvalue weighted by Gasteiger charge is 2.17. The fourth-order valence-electron chi connectivity index (χ4n) is 2.73. The topological polar surface area (TPSA) is 55.1 Å². The molecule has 1 aromatic heterocycles. The zero-order valence-electron chi connectivity index (χ0n) is 14.2. The van der Waals surface area contributed by atoms with Crippen LogP contribution in [0.1, 0.15) is 10.4 Å². The van der Waals surface area contributed by atoms with Crippen molar-refractivity contribution in [3.05, 3.63) is 95.1 Å². The molecule has 4 rings (SSSR count). The van der Waals surface area contributed by atoms with E-state index in [1.807, 2.05) is 72.8 Å². The Balaban J connectivity index is 1.65. The highest BCUT2D eigenvalue weighted by atomic mass is 79.9. The lowest BCUT2D eigenvalue weighted by Gasteiger charge is -2.08. The maximum Gasteiger partial charge on any atom is 0.256 e. The van der Waals surface area contributed by atoms with E-state index in [1.165, 1.54) is 0 Å². The Morgan fingerprint density at radius 3 is 2.37 bits per heavy atom. The van der Waals surface area contributed by atoms with Crippen molar-refractivity contribution in [1.82, 2.24) is 4.98 Å². The van der Waals surface area contributed by atoms with E-state index in [0.717, 1.165) is 15.7 Å². The van der Waals surface area contributed by atoms with E-state index >= 15 is 0 Å². The van der Waals surface area contributed by atoms with Crippen LogP contribution in [-0.4, -0.2) is 10.9 Å². The molecular formula is C22H15BrN2O2. The number of nitrogens with one attached hydrogen (secondary N) is 1. The molecule has 27 heavy (non-hydrogen) atoms. The van der Waals surface area contributed by atoms with Crippen molar-refractivity contribution in [2.24, 2.45) is 0 Å². The number of benzene rings is 3. The number of para-hydroxylation sites is 1. The monoisotopic (exact) mass is 418 g/mol. The SMILES string of the molecule is O=C(Nc1ccccc1)c1ccccc1-c1ncc(-c2ccc(Br)cc2)o1. The lowest BCUT2D eigenvalue weighted by atomic mass is 10.1. The first-order chi connectivity index (χ1) is 13.2. The number of nitrogens with zero attached hydrogens (tertiary/aromatic N) is 1. The van der Waals surface area contributed by atoms with Gasteiger partial charge >= 0.3 is 0 Å². The lowest BCUT2D eigenvalue weighted by Crippen LogP contribution is -2.13. The van der Waals surface area contributed by atoms with Gasteiger partial charge in [0.05, 0.1) is 11.8 Å². The standard InChI is InChI=1S/C22H15BrN2O2/c23-16-12-10-15(11-13-16)20-14-24-22(27-20)19-9-5-4-8-18(19)21(26)25-17-6-2-1-3-7-17/h1-14H,(H,25,26). The molecule has 1 amide bonds. The molecule has 0 saturated heterocycles. The molecule has 0 fully saturated rings. The van der Waals surface area contributed by atoms with Gasteiger partial charge in [0.25, 0.3) is 5.91 Å². The molecule has 0 aliphatic carbocycles. The van der Waals surface area contributed by atoms with Crippen molar-refractivity contribution in [2.75, 3.05) is 5.32 Å². The molecule has 0 atom stereocenters. The first-order valence-corrected chi connectivity index (χ1v) is 9.17. The highest BCUT2D eigenvalue weighted by molar-refractivity contribution is 9.10. The smallest absolute Gasteiger partial charge is 0.256 e. The van der Waals surface area contributed by atoms with Crippen molar-refractivity contribution >= 4 is 27.5 Å². The summed E-state index contributed by atoms with van der Waals surface area (Å²) < 4.78 is 6.92. The molecule has 4 aromatic rings. The maximum atomic E-state index is 12.7. The molecule has 1 heterocycles. The fourth-order valence-corrected chi connectivity index (χ4v) is 3.00. The van der Waals surface area contributed by atoms with E-state index in [4.69, 9.17) is 4.42 Å². The minimum atomic E-state index is -0.208. The molecule has 0 bridgehead atoms. The van der Waals surface area contributed by atoms with Crippen LogP contribution in [0.25, 0.3) is 22.8 Å². The molecule has 132 valence electrons. The van der Waals surface area contributed by atoms with Crippen LogP contribution in [0.3, 0.4) is 0 Å². The Morgan fingerprint density at radius 1 is 0.889 bits per heavy atom. The van der Waals surface area contributed by atoms with E-state index in [0.29, 0.717) is 22.8 Å². The molecule has 0 radical (unpaired) electrons. The molecule has 0 spiro atoms. The van der Waals surface area contributed by atoms with Crippen LogP contribution in [-0.2, 0) is 0 Å². The van der Waals surface area contributed by atoms with Crippen molar-refractivity contribution < 1.29 is 9.21 Å². The number of anilines is 1. The molecule has 0 saturated carbocycles. The zero-order chi connectivity index (χ0) is 18.6. The molecule has 0 aliphatic heterocycles. The predicted octanol–water partition coefficient (Wildman–Crippen LogP) is 6.02.